The van der Waals surface area contributed by atoms with E-state index in [1.54, 1.807) is 12.1 Å². The SMILES string of the molecule is CCCCc1ccc(-c2ccc(C(=O)O)cc2Cl)cc1. The van der Waals surface area contributed by atoms with Crippen LogP contribution in [-0.4, -0.2) is 11.1 Å². The number of hydrogen-bond acceptors (Lipinski definition) is 1. The van der Waals surface area contributed by atoms with Crippen LogP contribution in [0.1, 0.15) is 35.7 Å². The second-order valence-corrected chi connectivity index (χ2v) is 5.21. The molecule has 0 aliphatic rings. The minimum atomic E-state index is -0.964. The van der Waals surface area contributed by atoms with E-state index in [1.807, 2.05) is 12.1 Å². The van der Waals surface area contributed by atoms with E-state index in [9.17, 15) is 4.79 Å². The standard InChI is InChI=1S/C17H17ClO2/c1-2-3-4-12-5-7-13(8-6-12)15-10-9-14(17(19)20)11-16(15)18/h5-11H,2-4H2,1H3,(H,19,20). The molecule has 1 N–H and O–H groups in total. The molecule has 2 aromatic rings. The number of carboxylic acid groups (broad SMARTS) is 1. The predicted molar refractivity (Wildman–Crippen MR) is 82.5 cm³/mol. The summed E-state index contributed by atoms with van der Waals surface area (Å²) in [7, 11) is 0. The minimum absolute atomic E-state index is 0.207. The van der Waals surface area contributed by atoms with Crippen LogP contribution < -0.4 is 0 Å². The van der Waals surface area contributed by atoms with Gasteiger partial charge < -0.3 is 5.11 Å². The van der Waals surface area contributed by atoms with Gasteiger partial charge in [0.05, 0.1) is 5.56 Å². The summed E-state index contributed by atoms with van der Waals surface area (Å²) in [5.74, 6) is -0.964. The molecular weight excluding hydrogens is 272 g/mol. The Balaban J connectivity index is 2.25. The van der Waals surface area contributed by atoms with Crippen LogP contribution in [0.15, 0.2) is 42.5 Å². The van der Waals surface area contributed by atoms with Crippen molar-refractivity contribution in [3.05, 3.63) is 58.6 Å². The molecule has 0 saturated heterocycles. The maximum atomic E-state index is 10.9. The second kappa shape index (κ2) is 6.58. The molecule has 2 rings (SSSR count). The number of carbonyl (C=O) groups is 1. The van der Waals surface area contributed by atoms with Crippen molar-refractivity contribution in [1.29, 1.82) is 0 Å². The number of aryl methyl sites for hydroxylation is 1. The van der Waals surface area contributed by atoms with Crippen LogP contribution in [0.5, 0.6) is 0 Å². The predicted octanol–water partition coefficient (Wildman–Crippen LogP) is 5.05. The van der Waals surface area contributed by atoms with Crippen LogP contribution in [0, 0.1) is 0 Å². The van der Waals surface area contributed by atoms with Gasteiger partial charge in [-0.3, -0.25) is 0 Å². The van der Waals surface area contributed by atoms with E-state index >= 15 is 0 Å². The summed E-state index contributed by atoms with van der Waals surface area (Å²) in [4.78, 5) is 10.9. The van der Waals surface area contributed by atoms with E-state index in [1.165, 1.54) is 24.5 Å². The summed E-state index contributed by atoms with van der Waals surface area (Å²) in [5.41, 5.74) is 3.39. The van der Waals surface area contributed by atoms with Gasteiger partial charge in [0.2, 0.25) is 0 Å². The fraction of sp³-hybridized carbons (Fsp3) is 0.235. The van der Waals surface area contributed by atoms with Crippen molar-refractivity contribution in [1.82, 2.24) is 0 Å². The number of halogens is 1. The number of hydrogen-bond donors (Lipinski definition) is 1. The van der Waals surface area contributed by atoms with Crippen LogP contribution in [0.2, 0.25) is 5.02 Å². The number of rotatable bonds is 5. The first kappa shape index (κ1) is 14.6. The van der Waals surface area contributed by atoms with Gasteiger partial charge >= 0.3 is 5.97 Å². The Hall–Kier alpha value is -1.80. The second-order valence-electron chi connectivity index (χ2n) is 4.80. The Morgan fingerprint density at radius 3 is 2.40 bits per heavy atom. The lowest BCUT2D eigenvalue weighted by molar-refractivity contribution is 0.0697. The van der Waals surface area contributed by atoms with E-state index in [0.29, 0.717) is 5.02 Å². The summed E-state index contributed by atoms with van der Waals surface area (Å²) < 4.78 is 0. The fourth-order valence-electron chi connectivity index (χ4n) is 2.11. The first-order valence-electron chi connectivity index (χ1n) is 6.74. The Bertz CT molecular complexity index is 603. The molecule has 0 saturated carbocycles. The quantitative estimate of drug-likeness (QED) is 0.836. The van der Waals surface area contributed by atoms with Gasteiger partial charge in [-0.2, -0.15) is 0 Å². The summed E-state index contributed by atoms with van der Waals surface area (Å²) in [6, 6.07) is 13.1. The van der Waals surface area contributed by atoms with Crippen molar-refractivity contribution >= 4 is 17.6 Å². The van der Waals surface area contributed by atoms with Gasteiger partial charge in [-0.25, -0.2) is 4.79 Å². The Labute approximate surface area is 124 Å². The highest BCUT2D eigenvalue weighted by atomic mass is 35.5. The molecule has 0 unspecified atom stereocenters. The molecule has 20 heavy (non-hydrogen) atoms. The largest absolute Gasteiger partial charge is 0.478 e. The molecule has 0 fully saturated rings. The molecule has 0 aromatic heterocycles. The molecule has 0 heterocycles. The van der Waals surface area contributed by atoms with Crippen molar-refractivity contribution in [2.45, 2.75) is 26.2 Å². The summed E-state index contributed by atoms with van der Waals surface area (Å²) in [5, 5.41) is 9.39. The van der Waals surface area contributed by atoms with Crippen molar-refractivity contribution in [2.24, 2.45) is 0 Å². The molecule has 2 nitrogen and oxygen atoms in total. The highest BCUT2D eigenvalue weighted by molar-refractivity contribution is 6.33. The maximum Gasteiger partial charge on any atom is 0.335 e. The van der Waals surface area contributed by atoms with Crippen molar-refractivity contribution in [2.75, 3.05) is 0 Å². The molecule has 2 aromatic carbocycles. The highest BCUT2D eigenvalue weighted by Crippen LogP contribution is 2.29. The topological polar surface area (TPSA) is 37.3 Å². The number of unbranched alkanes of at least 4 members (excludes halogenated alkanes) is 1. The lowest BCUT2D eigenvalue weighted by atomic mass is 10.0. The van der Waals surface area contributed by atoms with Gasteiger partial charge in [0.25, 0.3) is 0 Å². The lowest BCUT2D eigenvalue weighted by Gasteiger charge is -2.07. The van der Waals surface area contributed by atoms with Crippen molar-refractivity contribution < 1.29 is 9.90 Å². The van der Waals surface area contributed by atoms with E-state index in [0.717, 1.165) is 17.5 Å². The van der Waals surface area contributed by atoms with Gasteiger partial charge in [-0.15, -0.1) is 0 Å². The Morgan fingerprint density at radius 1 is 1.15 bits per heavy atom. The molecule has 0 spiro atoms. The monoisotopic (exact) mass is 288 g/mol. The van der Waals surface area contributed by atoms with Gasteiger partial charge in [0, 0.05) is 10.6 Å². The van der Waals surface area contributed by atoms with Crippen LogP contribution in [-0.2, 0) is 6.42 Å². The van der Waals surface area contributed by atoms with Gasteiger partial charge in [-0.05, 0) is 36.1 Å². The van der Waals surface area contributed by atoms with Gasteiger partial charge in [0.1, 0.15) is 0 Å². The van der Waals surface area contributed by atoms with Crippen molar-refractivity contribution in [3.8, 4) is 11.1 Å². The van der Waals surface area contributed by atoms with Crippen molar-refractivity contribution in [3.63, 3.8) is 0 Å². The molecule has 0 atom stereocenters. The molecule has 104 valence electrons. The third kappa shape index (κ3) is 3.40. The van der Waals surface area contributed by atoms with Gasteiger partial charge in [-0.1, -0.05) is 55.3 Å². The first-order valence-corrected chi connectivity index (χ1v) is 7.11. The van der Waals surface area contributed by atoms with E-state index in [-0.39, 0.29) is 5.56 Å². The first-order chi connectivity index (χ1) is 9.61. The van der Waals surface area contributed by atoms with E-state index < -0.39 is 5.97 Å². The zero-order chi connectivity index (χ0) is 14.5. The lowest BCUT2D eigenvalue weighted by Crippen LogP contribution is -1.96. The van der Waals surface area contributed by atoms with E-state index in [4.69, 9.17) is 16.7 Å². The van der Waals surface area contributed by atoms with Crippen LogP contribution in [0.3, 0.4) is 0 Å². The van der Waals surface area contributed by atoms with Crippen LogP contribution in [0.4, 0.5) is 0 Å². The average molecular weight is 289 g/mol. The minimum Gasteiger partial charge on any atom is -0.478 e. The molecule has 0 amide bonds. The molecule has 0 aliphatic heterocycles. The Morgan fingerprint density at radius 2 is 1.85 bits per heavy atom. The fourth-order valence-corrected chi connectivity index (χ4v) is 2.40. The smallest absolute Gasteiger partial charge is 0.335 e. The van der Waals surface area contributed by atoms with Crippen LogP contribution in [0.25, 0.3) is 11.1 Å². The van der Waals surface area contributed by atoms with Crippen LogP contribution >= 0.6 is 11.6 Å². The third-order valence-electron chi connectivity index (χ3n) is 3.30. The average Bonchev–Trinajstić information content (AvgIpc) is 2.45. The Kier molecular flexibility index (Phi) is 4.80. The molecule has 3 heteroatoms. The molecule has 0 bridgehead atoms. The summed E-state index contributed by atoms with van der Waals surface area (Å²) in [6.07, 6.45) is 3.46. The van der Waals surface area contributed by atoms with E-state index in [2.05, 4.69) is 19.1 Å². The number of aromatic carboxylic acids is 1. The number of carboxylic acids is 1. The number of benzene rings is 2. The molecule has 0 radical (unpaired) electrons. The summed E-state index contributed by atoms with van der Waals surface area (Å²) >= 11 is 6.17. The highest BCUT2D eigenvalue weighted by Gasteiger charge is 2.08. The zero-order valence-corrected chi connectivity index (χ0v) is 12.2. The maximum absolute atomic E-state index is 10.9. The molecule has 0 aliphatic carbocycles. The summed E-state index contributed by atoms with van der Waals surface area (Å²) in [6.45, 7) is 2.18. The third-order valence-corrected chi connectivity index (χ3v) is 3.61. The van der Waals surface area contributed by atoms with Gasteiger partial charge in [0.15, 0.2) is 0 Å². The zero-order valence-electron chi connectivity index (χ0n) is 11.4. The molecular formula is C17H17ClO2. The normalized spacial score (nSPS) is 10.5.